The Balaban J connectivity index is 1.60. The van der Waals surface area contributed by atoms with Crippen LogP contribution in [0, 0.1) is 5.92 Å². The van der Waals surface area contributed by atoms with E-state index in [9.17, 15) is 0 Å². The molecule has 0 radical (unpaired) electrons. The van der Waals surface area contributed by atoms with Gasteiger partial charge >= 0.3 is 0 Å². The number of rotatable bonds is 5. The Hall–Kier alpha value is -0.860. The molecule has 0 aromatic heterocycles. The molecule has 0 bridgehead atoms. The van der Waals surface area contributed by atoms with E-state index in [1.165, 1.54) is 31.4 Å². The van der Waals surface area contributed by atoms with Gasteiger partial charge in [-0.2, -0.15) is 0 Å². The molecule has 3 rings (SSSR count). The van der Waals surface area contributed by atoms with Crippen molar-refractivity contribution in [2.24, 2.45) is 5.92 Å². The average molecular weight is 231 g/mol. The molecule has 2 fully saturated rings. The summed E-state index contributed by atoms with van der Waals surface area (Å²) in [6, 6.07) is 11.7. The number of ether oxygens (including phenoxy) is 1. The summed E-state index contributed by atoms with van der Waals surface area (Å²) >= 11 is 0. The minimum atomic E-state index is 0.763. The van der Waals surface area contributed by atoms with E-state index in [4.69, 9.17) is 4.74 Å². The first-order valence-electron chi connectivity index (χ1n) is 6.77. The van der Waals surface area contributed by atoms with Gasteiger partial charge in [-0.05, 0) is 30.7 Å². The topological polar surface area (TPSA) is 12.5 Å². The molecule has 92 valence electrons. The third-order valence-electron chi connectivity index (χ3n) is 3.81. The first-order valence-corrected chi connectivity index (χ1v) is 6.77. The Labute approximate surface area is 104 Å². The smallest absolute Gasteiger partial charge is 0.0507 e. The molecular formula is C15H21NO. The molecule has 2 heteroatoms. The molecule has 1 saturated heterocycles. The van der Waals surface area contributed by atoms with Gasteiger partial charge in [0.1, 0.15) is 0 Å². The van der Waals surface area contributed by atoms with Crippen LogP contribution in [0.5, 0.6) is 0 Å². The number of hydrogen-bond donors (Lipinski definition) is 0. The summed E-state index contributed by atoms with van der Waals surface area (Å²) in [7, 11) is 0. The van der Waals surface area contributed by atoms with Crippen LogP contribution in [0.15, 0.2) is 30.3 Å². The second-order valence-electron chi connectivity index (χ2n) is 5.38. The molecule has 0 unspecified atom stereocenters. The van der Waals surface area contributed by atoms with Crippen LogP contribution in [0.1, 0.15) is 24.8 Å². The maximum atomic E-state index is 5.48. The van der Waals surface area contributed by atoms with Gasteiger partial charge in [0.25, 0.3) is 0 Å². The second kappa shape index (κ2) is 5.19. The lowest BCUT2D eigenvalue weighted by Gasteiger charge is -2.24. The highest BCUT2D eigenvalue weighted by molar-refractivity contribution is 5.15. The molecule has 0 spiro atoms. The first kappa shape index (κ1) is 11.2. The molecule has 2 nitrogen and oxygen atoms in total. The summed E-state index contributed by atoms with van der Waals surface area (Å²) in [4.78, 5) is 2.66. The third kappa shape index (κ3) is 3.08. The van der Waals surface area contributed by atoms with E-state index in [0.717, 1.165) is 31.7 Å². The molecule has 17 heavy (non-hydrogen) atoms. The van der Waals surface area contributed by atoms with E-state index in [2.05, 4.69) is 35.2 Å². The van der Waals surface area contributed by atoms with E-state index in [1.807, 2.05) is 0 Å². The van der Waals surface area contributed by atoms with E-state index in [1.54, 1.807) is 0 Å². The fourth-order valence-electron chi connectivity index (χ4n) is 2.66. The van der Waals surface area contributed by atoms with Crippen LogP contribution in [-0.2, 0) is 11.3 Å². The van der Waals surface area contributed by atoms with Crippen LogP contribution in [0.4, 0.5) is 0 Å². The number of benzene rings is 1. The standard InChI is InChI=1S/C15H21NO/c1-2-4-13(5-3-1)10-16(15-6-7-15)11-14-8-9-17-12-14/h1-5,14-15H,6-12H2/t14-/m0/s1. The highest BCUT2D eigenvalue weighted by Gasteiger charge is 2.31. The molecule has 1 aromatic rings. The molecule has 0 N–H and O–H groups in total. The summed E-state index contributed by atoms with van der Waals surface area (Å²) < 4.78 is 5.48. The van der Waals surface area contributed by atoms with E-state index < -0.39 is 0 Å². The SMILES string of the molecule is c1ccc(CN(C[C@@H]2CCOC2)C2CC2)cc1. The number of nitrogens with zero attached hydrogens (tertiary/aromatic N) is 1. The number of hydrogen-bond acceptors (Lipinski definition) is 2. The molecule has 1 aliphatic carbocycles. The van der Waals surface area contributed by atoms with E-state index in [-0.39, 0.29) is 0 Å². The van der Waals surface area contributed by atoms with Crippen molar-refractivity contribution >= 4 is 0 Å². The minimum Gasteiger partial charge on any atom is -0.381 e. The van der Waals surface area contributed by atoms with Crippen molar-refractivity contribution in [1.29, 1.82) is 0 Å². The highest BCUT2D eigenvalue weighted by Crippen LogP contribution is 2.30. The third-order valence-corrected chi connectivity index (χ3v) is 3.81. The first-order chi connectivity index (χ1) is 8.42. The van der Waals surface area contributed by atoms with Crippen LogP contribution in [-0.4, -0.2) is 30.7 Å². The Bertz CT molecular complexity index is 341. The van der Waals surface area contributed by atoms with Crippen LogP contribution >= 0.6 is 0 Å². The van der Waals surface area contributed by atoms with Crippen LogP contribution < -0.4 is 0 Å². The zero-order valence-corrected chi connectivity index (χ0v) is 10.3. The summed E-state index contributed by atoms with van der Waals surface area (Å²) in [5.74, 6) is 0.763. The Morgan fingerprint density at radius 1 is 1.12 bits per heavy atom. The van der Waals surface area contributed by atoms with Crippen LogP contribution in [0.25, 0.3) is 0 Å². The van der Waals surface area contributed by atoms with Gasteiger partial charge in [0.05, 0.1) is 6.61 Å². The van der Waals surface area contributed by atoms with E-state index in [0.29, 0.717) is 0 Å². The Morgan fingerprint density at radius 2 is 1.94 bits per heavy atom. The maximum absolute atomic E-state index is 5.48. The van der Waals surface area contributed by atoms with Crippen molar-refractivity contribution in [3.63, 3.8) is 0 Å². The lowest BCUT2D eigenvalue weighted by atomic mass is 10.1. The highest BCUT2D eigenvalue weighted by atomic mass is 16.5. The average Bonchev–Trinajstić information content (AvgIpc) is 3.09. The Morgan fingerprint density at radius 3 is 2.59 bits per heavy atom. The van der Waals surface area contributed by atoms with Gasteiger partial charge < -0.3 is 4.74 Å². The van der Waals surface area contributed by atoms with Gasteiger partial charge in [0.2, 0.25) is 0 Å². The lowest BCUT2D eigenvalue weighted by Crippen LogP contribution is -2.31. The zero-order chi connectivity index (χ0) is 11.5. The van der Waals surface area contributed by atoms with Gasteiger partial charge in [-0.25, -0.2) is 0 Å². The van der Waals surface area contributed by atoms with Crippen molar-refractivity contribution in [1.82, 2.24) is 4.90 Å². The minimum absolute atomic E-state index is 0.763. The fourth-order valence-corrected chi connectivity index (χ4v) is 2.66. The molecule has 2 aliphatic rings. The largest absolute Gasteiger partial charge is 0.381 e. The van der Waals surface area contributed by atoms with Gasteiger partial charge in [-0.15, -0.1) is 0 Å². The summed E-state index contributed by atoms with van der Waals surface area (Å²) in [5, 5.41) is 0. The van der Waals surface area contributed by atoms with Crippen LogP contribution in [0.3, 0.4) is 0 Å². The Kier molecular flexibility index (Phi) is 3.44. The fraction of sp³-hybridized carbons (Fsp3) is 0.600. The van der Waals surface area contributed by atoms with Crippen molar-refractivity contribution in [2.75, 3.05) is 19.8 Å². The normalized spacial score (nSPS) is 24.4. The molecule has 1 heterocycles. The maximum Gasteiger partial charge on any atom is 0.0507 e. The van der Waals surface area contributed by atoms with Crippen LogP contribution in [0.2, 0.25) is 0 Å². The molecule has 1 aromatic carbocycles. The van der Waals surface area contributed by atoms with Crippen molar-refractivity contribution < 1.29 is 4.74 Å². The van der Waals surface area contributed by atoms with Gasteiger partial charge in [0, 0.05) is 25.7 Å². The summed E-state index contributed by atoms with van der Waals surface area (Å²) in [6.45, 7) is 4.27. The molecule has 0 amide bonds. The molecular weight excluding hydrogens is 210 g/mol. The predicted molar refractivity (Wildman–Crippen MR) is 68.8 cm³/mol. The molecule has 1 aliphatic heterocycles. The quantitative estimate of drug-likeness (QED) is 0.772. The van der Waals surface area contributed by atoms with Gasteiger partial charge in [-0.1, -0.05) is 30.3 Å². The molecule has 1 saturated carbocycles. The van der Waals surface area contributed by atoms with E-state index >= 15 is 0 Å². The van der Waals surface area contributed by atoms with Crippen molar-refractivity contribution in [3.8, 4) is 0 Å². The summed E-state index contributed by atoms with van der Waals surface area (Å²) in [6.07, 6.45) is 4.03. The second-order valence-corrected chi connectivity index (χ2v) is 5.38. The zero-order valence-electron chi connectivity index (χ0n) is 10.3. The lowest BCUT2D eigenvalue weighted by molar-refractivity contribution is 0.161. The molecule has 1 atom stereocenters. The van der Waals surface area contributed by atoms with Gasteiger partial charge in [0.15, 0.2) is 0 Å². The van der Waals surface area contributed by atoms with Crippen molar-refractivity contribution in [3.05, 3.63) is 35.9 Å². The van der Waals surface area contributed by atoms with Gasteiger partial charge in [-0.3, -0.25) is 4.90 Å². The predicted octanol–water partition coefficient (Wildman–Crippen LogP) is 2.69. The van der Waals surface area contributed by atoms with Crippen molar-refractivity contribution in [2.45, 2.75) is 31.8 Å². The summed E-state index contributed by atoms with van der Waals surface area (Å²) in [5.41, 5.74) is 1.44. The monoisotopic (exact) mass is 231 g/mol.